The van der Waals surface area contributed by atoms with Gasteiger partial charge in [0.15, 0.2) is 0 Å². The zero-order valence-electron chi connectivity index (χ0n) is 12.2. The maximum absolute atomic E-state index is 12.6. The first-order chi connectivity index (χ1) is 9.14. The minimum atomic E-state index is 0.0165. The second kappa shape index (κ2) is 5.08. The van der Waals surface area contributed by atoms with Crippen molar-refractivity contribution in [1.29, 1.82) is 0 Å². The first-order valence-electron chi connectivity index (χ1n) is 8.21. The van der Waals surface area contributed by atoms with Crippen LogP contribution in [0.15, 0.2) is 0 Å². The van der Waals surface area contributed by atoms with Crippen LogP contribution in [0, 0.1) is 17.3 Å². The van der Waals surface area contributed by atoms with Gasteiger partial charge in [0.05, 0.1) is 0 Å². The van der Waals surface area contributed by atoms with E-state index in [9.17, 15) is 4.79 Å². The van der Waals surface area contributed by atoms with E-state index in [1.165, 1.54) is 19.3 Å². The fourth-order valence-electron chi connectivity index (χ4n) is 4.55. The number of carbonyl (C=O) groups excluding carboxylic acids is 1. The first kappa shape index (κ1) is 13.4. The van der Waals surface area contributed by atoms with Crippen molar-refractivity contribution in [3.8, 4) is 0 Å². The molecule has 0 saturated heterocycles. The van der Waals surface area contributed by atoms with Gasteiger partial charge in [-0.25, -0.2) is 0 Å². The summed E-state index contributed by atoms with van der Waals surface area (Å²) < 4.78 is 0. The van der Waals surface area contributed by atoms with E-state index in [-0.39, 0.29) is 5.41 Å². The molecule has 0 aliphatic heterocycles. The molecular weight excluding hydrogens is 236 g/mol. The van der Waals surface area contributed by atoms with Crippen LogP contribution in [0.2, 0.25) is 0 Å². The molecular formula is C16H28N2O. The number of nitrogens with two attached hydrogens (primary N) is 1. The van der Waals surface area contributed by atoms with Crippen LogP contribution in [-0.4, -0.2) is 18.0 Å². The Bertz CT molecular complexity index is 337. The summed E-state index contributed by atoms with van der Waals surface area (Å²) in [5, 5.41) is 3.43. The van der Waals surface area contributed by atoms with E-state index in [0.717, 1.165) is 38.5 Å². The van der Waals surface area contributed by atoms with Gasteiger partial charge in [-0.1, -0.05) is 19.8 Å². The minimum Gasteiger partial charge on any atom is -0.352 e. The zero-order valence-corrected chi connectivity index (χ0v) is 12.2. The first-order valence-corrected chi connectivity index (χ1v) is 8.21. The molecule has 0 radical (unpaired) electrons. The van der Waals surface area contributed by atoms with Gasteiger partial charge in [-0.15, -0.1) is 0 Å². The molecule has 3 aliphatic carbocycles. The molecule has 3 fully saturated rings. The third-order valence-corrected chi connectivity index (χ3v) is 5.74. The van der Waals surface area contributed by atoms with Crippen LogP contribution >= 0.6 is 0 Å². The molecule has 0 aromatic rings. The van der Waals surface area contributed by atoms with Crippen molar-refractivity contribution in [1.82, 2.24) is 5.32 Å². The standard InChI is InChI=1S/C16H28N2O/c1-2-6-16(7-8-16)15(19)18-14-11-4-3-5-12(14)10-13(17)9-11/h11-14H,2-10,17H2,1H3,(H,18,19). The topological polar surface area (TPSA) is 55.1 Å². The SMILES string of the molecule is CCCC1(C(=O)NC2C3CCCC2CC(N)C3)CC1. The molecule has 19 heavy (non-hydrogen) atoms. The number of fused-ring (bicyclic) bond motifs is 2. The van der Waals surface area contributed by atoms with Gasteiger partial charge in [0.25, 0.3) is 0 Å². The molecule has 1 amide bonds. The van der Waals surface area contributed by atoms with Crippen LogP contribution in [0.3, 0.4) is 0 Å². The van der Waals surface area contributed by atoms with Gasteiger partial charge in [-0.2, -0.15) is 0 Å². The highest BCUT2D eigenvalue weighted by Gasteiger charge is 2.50. The Morgan fingerprint density at radius 2 is 1.89 bits per heavy atom. The van der Waals surface area contributed by atoms with E-state index in [2.05, 4.69) is 12.2 Å². The predicted octanol–water partition coefficient (Wildman–Crippen LogP) is 2.59. The van der Waals surface area contributed by atoms with Crippen molar-refractivity contribution in [3.05, 3.63) is 0 Å². The van der Waals surface area contributed by atoms with Crippen molar-refractivity contribution in [2.75, 3.05) is 0 Å². The average Bonchev–Trinajstić information content (AvgIpc) is 3.12. The van der Waals surface area contributed by atoms with Crippen LogP contribution in [-0.2, 0) is 4.79 Å². The van der Waals surface area contributed by atoms with Crippen molar-refractivity contribution in [3.63, 3.8) is 0 Å². The van der Waals surface area contributed by atoms with E-state index < -0.39 is 0 Å². The fraction of sp³-hybridized carbons (Fsp3) is 0.938. The Morgan fingerprint density at radius 3 is 2.42 bits per heavy atom. The zero-order chi connectivity index (χ0) is 13.5. The Hall–Kier alpha value is -0.570. The maximum Gasteiger partial charge on any atom is 0.226 e. The Labute approximate surface area is 116 Å². The lowest BCUT2D eigenvalue weighted by Crippen LogP contribution is -2.55. The highest BCUT2D eigenvalue weighted by Crippen LogP contribution is 2.50. The summed E-state index contributed by atoms with van der Waals surface area (Å²) in [6.45, 7) is 2.18. The van der Waals surface area contributed by atoms with Gasteiger partial charge in [0.1, 0.15) is 0 Å². The number of hydrogen-bond donors (Lipinski definition) is 2. The number of carbonyl (C=O) groups is 1. The van der Waals surface area contributed by atoms with E-state index in [1.54, 1.807) is 0 Å². The molecule has 3 heteroatoms. The van der Waals surface area contributed by atoms with Crippen LogP contribution in [0.1, 0.15) is 64.7 Å². The molecule has 3 nitrogen and oxygen atoms in total. The Kier molecular flexibility index (Phi) is 3.59. The van der Waals surface area contributed by atoms with E-state index >= 15 is 0 Å². The van der Waals surface area contributed by atoms with Crippen LogP contribution < -0.4 is 11.1 Å². The summed E-state index contributed by atoms with van der Waals surface area (Å²) in [4.78, 5) is 12.6. The van der Waals surface area contributed by atoms with E-state index in [0.29, 0.717) is 29.8 Å². The summed E-state index contributed by atoms with van der Waals surface area (Å²) in [5.41, 5.74) is 6.17. The number of nitrogens with one attached hydrogen (secondary N) is 1. The molecule has 108 valence electrons. The fourth-order valence-corrected chi connectivity index (χ4v) is 4.55. The molecule has 2 unspecified atom stereocenters. The largest absolute Gasteiger partial charge is 0.352 e. The molecule has 2 atom stereocenters. The van der Waals surface area contributed by atoms with Gasteiger partial charge >= 0.3 is 0 Å². The average molecular weight is 264 g/mol. The normalized spacial score (nSPS) is 39.7. The lowest BCUT2D eigenvalue weighted by atomic mass is 9.67. The van der Waals surface area contributed by atoms with Crippen molar-refractivity contribution >= 4 is 5.91 Å². The molecule has 0 aromatic heterocycles. The number of rotatable bonds is 4. The Morgan fingerprint density at radius 1 is 1.26 bits per heavy atom. The van der Waals surface area contributed by atoms with Crippen LogP contribution in [0.4, 0.5) is 0 Å². The summed E-state index contributed by atoms with van der Waals surface area (Å²) in [5.74, 6) is 1.64. The van der Waals surface area contributed by atoms with E-state index in [4.69, 9.17) is 5.73 Å². The highest BCUT2D eigenvalue weighted by atomic mass is 16.2. The molecule has 3 N–H and O–H groups in total. The second-order valence-electron chi connectivity index (χ2n) is 7.21. The third-order valence-electron chi connectivity index (χ3n) is 5.74. The maximum atomic E-state index is 12.6. The van der Waals surface area contributed by atoms with Crippen LogP contribution in [0.25, 0.3) is 0 Å². The molecule has 0 heterocycles. The highest BCUT2D eigenvalue weighted by molar-refractivity contribution is 5.85. The second-order valence-corrected chi connectivity index (χ2v) is 7.21. The van der Waals surface area contributed by atoms with Gasteiger partial charge in [0, 0.05) is 17.5 Å². The number of hydrogen-bond acceptors (Lipinski definition) is 2. The summed E-state index contributed by atoms with van der Waals surface area (Å²) in [6.07, 6.45) is 10.5. The smallest absolute Gasteiger partial charge is 0.226 e. The van der Waals surface area contributed by atoms with Gasteiger partial charge in [-0.05, 0) is 56.8 Å². The Balaban J connectivity index is 1.64. The minimum absolute atomic E-state index is 0.0165. The lowest BCUT2D eigenvalue weighted by molar-refractivity contribution is -0.129. The molecule has 2 bridgehead atoms. The molecule has 3 rings (SSSR count). The van der Waals surface area contributed by atoms with E-state index in [1.807, 2.05) is 0 Å². The van der Waals surface area contributed by atoms with Crippen molar-refractivity contribution in [2.24, 2.45) is 23.0 Å². The quantitative estimate of drug-likeness (QED) is 0.820. The van der Waals surface area contributed by atoms with Crippen LogP contribution in [0.5, 0.6) is 0 Å². The predicted molar refractivity (Wildman–Crippen MR) is 76.5 cm³/mol. The summed E-state index contributed by atoms with van der Waals surface area (Å²) >= 11 is 0. The van der Waals surface area contributed by atoms with Crippen molar-refractivity contribution in [2.45, 2.75) is 76.8 Å². The molecule has 3 saturated carbocycles. The summed E-state index contributed by atoms with van der Waals surface area (Å²) in [6, 6.07) is 0.796. The third kappa shape index (κ3) is 2.54. The molecule has 0 spiro atoms. The molecule has 0 aromatic carbocycles. The van der Waals surface area contributed by atoms with Gasteiger partial charge in [-0.3, -0.25) is 4.79 Å². The van der Waals surface area contributed by atoms with Crippen molar-refractivity contribution < 1.29 is 4.79 Å². The van der Waals surface area contributed by atoms with Gasteiger partial charge < -0.3 is 11.1 Å². The lowest BCUT2D eigenvalue weighted by Gasteiger charge is -2.45. The number of amides is 1. The van der Waals surface area contributed by atoms with Gasteiger partial charge in [0.2, 0.25) is 5.91 Å². The molecule has 3 aliphatic rings. The monoisotopic (exact) mass is 264 g/mol. The summed E-state index contributed by atoms with van der Waals surface area (Å²) in [7, 11) is 0.